The first-order valence-corrected chi connectivity index (χ1v) is 27.4. The molecule has 2 aromatic carbocycles. The molecule has 2 fully saturated rings. The molecule has 0 unspecified atom stereocenters. The number of carbonyl (C=O) groups is 10. The topological polar surface area (TPSA) is 384 Å². The maximum absolute atomic E-state index is 14.7. The van der Waals surface area contributed by atoms with Gasteiger partial charge in [0.2, 0.25) is 59.1 Å². The zero-order valence-electron chi connectivity index (χ0n) is 43.5. The van der Waals surface area contributed by atoms with E-state index >= 15 is 0 Å². The monoisotopic (exact) mass is 1100 g/mol. The van der Waals surface area contributed by atoms with Crippen molar-refractivity contribution in [3.8, 4) is 5.75 Å². The Morgan fingerprint density at radius 1 is 0.803 bits per heavy atom. The highest BCUT2D eigenvalue weighted by atomic mass is 33.1. The van der Waals surface area contributed by atoms with Gasteiger partial charge in [-0.2, -0.15) is 0 Å². The number of carbonyl (C=O) groups excluding carboxylic acids is 10. The van der Waals surface area contributed by atoms with Gasteiger partial charge in [-0.3, -0.25) is 52.9 Å². The molecule has 2 aliphatic heterocycles. The number of nitrogens with zero attached hydrogens (tertiary/aromatic N) is 2. The fraction of sp³-hybridized carbons (Fsp3) is 0.540. The summed E-state index contributed by atoms with van der Waals surface area (Å²) in [7, 11) is 2.33. The lowest BCUT2D eigenvalue weighted by Crippen LogP contribution is -2.61. The summed E-state index contributed by atoms with van der Waals surface area (Å²) < 4.78 is 4.70. The van der Waals surface area contributed by atoms with Crippen molar-refractivity contribution < 1.29 is 52.7 Å². The Kier molecular flexibility index (Phi) is 24.1. The standard InChI is InChI=1S/C50H73N13O11S2/c1-6-74-31-18-16-30(17-19-31)23-33-43(68)59-34(22-29-12-8-7-9-13-29)45(70)62-41(28(2)3)47(72)60-35(24-38(51)64)44(69)61-36(27-75-76-50(4,5)25-40(66)57-33)48(73)63-21-11-15-37(63)46(71)58-32(14-10-20-55-49(53)54)42(67)56-26-39(52)65/h7-9,12-13,16-19,28,32-37,41H,6,10-11,14-15,20-27H2,1-5H3,(H2,51,64)(H2,52,65)(H,56,67)(H,57,66)(H,58,71)(H,59,68)(H,60,72)(H,61,69)(H,62,70)(H4,53,54,55)/t32-,33-,34-,35-,36-,37+,41+/m1/s1. The number of guanidine groups is 1. The van der Waals surface area contributed by atoms with Crippen LogP contribution in [0.2, 0.25) is 0 Å². The van der Waals surface area contributed by atoms with Crippen LogP contribution < -0.4 is 64.9 Å². The van der Waals surface area contributed by atoms with Crippen LogP contribution in [0, 0.1) is 5.92 Å². The van der Waals surface area contributed by atoms with Gasteiger partial charge in [-0.25, -0.2) is 0 Å². The Balaban J connectivity index is 1.72. The number of ether oxygens (including phenoxy) is 1. The summed E-state index contributed by atoms with van der Waals surface area (Å²) in [4.78, 5) is 143. The third-order valence-electron chi connectivity index (χ3n) is 12.1. The predicted octanol–water partition coefficient (Wildman–Crippen LogP) is -1.48. The van der Waals surface area contributed by atoms with E-state index in [2.05, 4.69) is 42.2 Å². The van der Waals surface area contributed by atoms with Crippen molar-refractivity contribution in [2.45, 2.75) is 133 Å². The maximum Gasteiger partial charge on any atom is 0.246 e. The Morgan fingerprint density at radius 3 is 2.04 bits per heavy atom. The maximum atomic E-state index is 14.7. The van der Waals surface area contributed by atoms with E-state index in [9.17, 15) is 47.9 Å². The molecule has 0 aromatic heterocycles. The minimum absolute atomic E-state index is 0.0197. The number of primary amides is 2. The van der Waals surface area contributed by atoms with Crippen LogP contribution >= 0.6 is 21.6 Å². The number of hydrogen-bond donors (Lipinski definition) is 11. The molecule has 2 saturated heterocycles. The first kappa shape index (κ1) is 61.5. The molecule has 24 nitrogen and oxygen atoms in total. The van der Waals surface area contributed by atoms with E-state index in [1.807, 2.05) is 6.92 Å². The van der Waals surface area contributed by atoms with E-state index in [-0.39, 0.29) is 63.3 Å². The summed E-state index contributed by atoms with van der Waals surface area (Å²) in [6, 6.07) is 6.59. The van der Waals surface area contributed by atoms with E-state index in [1.54, 1.807) is 82.3 Å². The molecule has 10 amide bonds. The van der Waals surface area contributed by atoms with Gasteiger partial charge in [0.1, 0.15) is 48.0 Å². The predicted molar refractivity (Wildman–Crippen MR) is 287 cm³/mol. The van der Waals surface area contributed by atoms with Gasteiger partial charge in [0, 0.05) is 42.9 Å². The van der Waals surface area contributed by atoms with Crippen molar-refractivity contribution in [2.24, 2.45) is 33.8 Å². The molecule has 15 N–H and O–H groups in total. The van der Waals surface area contributed by atoms with Gasteiger partial charge in [-0.15, -0.1) is 0 Å². The highest BCUT2D eigenvalue weighted by Crippen LogP contribution is 2.39. The van der Waals surface area contributed by atoms with Gasteiger partial charge >= 0.3 is 0 Å². The Hall–Kier alpha value is -7.09. The van der Waals surface area contributed by atoms with Gasteiger partial charge in [0.05, 0.1) is 19.6 Å². The zero-order valence-corrected chi connectivity index (χ0v) is 45.2. The summed E-state index contributed by atoms with van der Waals surface area (Å²) in [5.74, 6) is -8.16. The largest absolute Gasteiger partial charge is 0.494 e. The number of amides is 10. The fourth-order valence-corrected chi connectivity index (χ4v) is 11.0. The Bertz CT molecular complexity index is 2410. The molecule has 2 aromatic rings. The van der Waals surface area contributed by atoms with Crippen LogP contribution in [0.25, 0.3) is 0 Å². The second-order valence-corrected chi connectivity index (χ2v) is 22.4. The molecular formula is C50H73N13O11S2. The highest BCUT2D eigenvalue weighted by molar-refractivity contribution is 8.77. The lowest BCUT2D eigenvalue weighted by molar-refractivity contribution is -0.142. The average molecular weight is 1100 g/mol. The Labute approximate surface area is 450 Å². The lowest BCUT2D eigenvalue weighted by atomic mass is 9.99. The molecule has 2 heterocycles. The fourth-order valence-electron chi connectivity index (χ4n) is 8.34. The quantitative estimate of drug-likeness (QED) is 0.0331. The van der Waals surface area contributed by atoms with Crippen molar-refractivity contribution in [2.75, 3.05) is 32.0 Å². The van der Waals surface area contributed by atoms with Gasteiger partial charge in [-0.05, 0) is 75.6 Å². The molecule has 416 valence electrons. The molecule has 7 atom stereocenters. The van der Waals surface area contributed by atoms with E-state index < -0.39 is 125 Å². The van der Waals surface area contributed by atoms with Crippen molar-refractivity contribution in [1.82, 2.24) is 42.1 Å². The van der Waals surface area contributed by atoms with E-state index in [1.165, 1.54) is 15.7 Å². The van der Waals surface area contributed by atoms with Gasteiger partial charge < -0.3 is 69.8 Å². The van der Waals surface area contributed by atoms with Crippen LogP contribution in [0.15, 0.2) is 59.6 Å². The molecule has 0 radical (unpaired) electrons. The summed E-state index contributed by atoms with van der Waals surface area (Å²) in [5, 5.41) is 18.7. The molecule has 76 heavy (non-hydrogen) atoms. The molecule has 2 aliphatic rings. The van der Waals surface area contributed by atoms with Gasteiger partial charge in [-0.1, -0.05) is 77.9 Å². The van der Waals surface area contributed by atoms with Crippen LogP contribution in [-0.4, -0.2) is 149 Å². The first-order valence-electron chi connectivity index (χ1n) is 25.0. The number of hydrogen-bond acceptors (Lipinski definition) is 14. The number of rotatable bonds is 19. The minimum atomic E-state index is -1.67. The molecule has 0 bridgehead atoms. The second kappa shape index (κ2) is 29.9. The SMILES string of the molecule is CCOc1ccc(C[C@H]2NC(=O)CC(C)(C)SSC[C@H](C(=O)N3CCC[C@H]3C(=O)N[C@H](CCCN=C(N)N)C(=O)NCC(N)=O)NC(=O)[C@@H](CC(N)=O)NC(=O)[C@H](C(C)C)NC(=O)[C@@H](Cc3ccccc3)NC2=O)cc1. The normalized spacial score (nSPS) is 22.3. The molecule has 0 saturated carbocycles. The highest BCUT2D eigenvalue weighted by Gasteiger charge is 2.41. The van der Waals surface area contributed by atoms with E-state index in [0.717, 1.165) is 10.8 Å². The molecule has 0 spiro atoms. The number of aliphatic imine (C=N–C) groups is 1. The number of nitrogens with two attached hydrogens (primary N) is 4. The second-order valence-electron chi connectivity index (χ2n) is 19.4. The van der Waals surface area contributed by atoms with Gasteiger partial charge in [0.15, 0.2) is 5.96 Å². The number of nitrogens with one attached hydrogen (secondary N) is 7. The molecular weight excluding hydrogens is 1020 g/mol. The van der Waals surface area contributed by atoms with Gasteiger partial charge in [0.25, 0.3) is 0 Å². The van der Waals surface area contributed by atoms with Crippen LogP contribution in [0.1, 0.15) is 84.3 Å². The average Bonchev–Trinajstić information content (AvgIpc) is 3.85. The zero-order chi connectivity index (χ0) is 56.1. The number of likely N-dealkylation sites (tertiary alicyclic amines) is 1. The summed E-state index contributed by atoms with van der Waals surface area (Å²) in [5.41, 5.74) is 23.1. The van der Waals surface area contributed by atoms with Crippen LogP contribution in [-0.2, 0) is 60.8 Å². The molecule has 0 aliphatic carbocycles. The lowest BCUT2D eigenvalue weighted by Gasteiger charge is -2.32. The smallest absolute Gasteiger partial charge is 0.246 e. The Morgan fingerprint density at radius 2 is 1.42 bits per heavy atom. The van der Waals surface area contributed by atoms with E-state index in [0.29, 0.717) is 29.9 Å². The first-order chi connectivity index (χ1) is 36.0. The number of benzene rings is 2. The van der Waals surface area contributed by atoms with Crippen molar-refractivity contribution in [3.63, 3.8) is 0 Å². The van der Waals surface area contributed by atoms with Crippen molar-refractivity contribution in [3.05, 3.63) is 65.7 Å². The van der Waals surface area contributed by atoms with Crippen LogP contribution in [0.5, 0.6) is 5.75 Å². The van der Waals surface area contributed by atoms with E-state index in [4.69, 9.17) is 27.7 Å². The summed E-state index contributed by atoms with van der Waals surface area (Å²) >= 11 is 0. The van der Waals surface area contributed by atoms with Crippen molar-refractivity contribution >= 4 is 86.6 Å². The minimum Gasteiger partial charge on any atom is -0.494 e. The van der Waals surface area contributed by atoms with Crippen LogP contribution in [0.4, 0.5) is 0 Å². The summed E-state index contributed by atoms with van der Waals surface area (Å²) in [6.07, 6.45) is -0.0794. The molecule has 26 heteroatoms. The third kappa shape index (κ3) is 20.2. The molecule has 4 rings (SSSR count). The third-order valence-corrected chi connectivity index (χ3v) is 15.4. The summed E-state index contributed by atoms with van der Waals surface area (Å²) in [6.45, 7) is 8.76. The van der Waals surface area contributed by atoms with Crippen LogP contribution in [0.3, 0.4) is 0 Å². The van der Waals surface area contributed by atoms with Crippen molar-refractivity contribution in [1.29, 1.82) is 0 Å².